The lowest BCUT2D eigenvalue weighted by molar-refractivity contribution is 0.0746. The molecule has 0 N–H and O–H groups in total. The maximum Gasteiger partial charge on any atom is 0.254 e. The van der Waals surface area contributed by atoms with E-state index in [0.29, 0.717) is 26.2 Å². The van der Waals surface area contributed by atoms with Crippen molar-refractivity contribution < 1.29 is 13.6 Å². The minimum absolute atomic E-state index is 0.150. The second-order valence-electron chi connectivity index (χ2n) is 7.75. The van der Waals surface area contributed by atoms with Gasteiger partial charge in [-0.05, 0) is 47.2 Å². The fourth-order valence-corrected chi connectivity index (χ4v) is 3.95. The SMILES string of the molecule is O=C(c1ccc(F)c(F)c1)N1CCN(c2ccc(-c3ccc4ccccc4c3)nn2)CC1. The van der Waals surface area contributed by atoms with Crippen LogP contribution >= 0.6 is 0 Å². The summed E-state index contributed by atoms with van der Waals surface area (Å²) in [5, 5.41) is 11.1. The molecule has 1 aromatic heterocycles. The molecule has 2 heterocycles. The van der Waals surface area contributed by atoms with Crippen molar-refractivity contribution in [1.82, 2.24) is 15.1 Å². The molecule has 0 saturated carbocycles. The van der Waals surface area contributed by atoms with Crippen molar-refractivity contribution in [1.29, 1.82) is 0 Å². The normalized spacial score (nSPS) is 14.1. The van der Waals surface area contributed by atoms with Gasteiger partial charge < -0.3 is 9.80 Å². The maximum absolute atomic E-state index is 13.5. The van der Waals surface area contributed by atoms with E-state index in [9.17, 15) is 13.6 Å². The van der Waals surface area contributed by atoms with Gasteiger partial charge in [0.25, 0.3) is 5.91 Å². The minimum Gasteiger partial charge on any atom is -0.352 e. The van der Waals surface area contributed by atoms with E-state index in [2.05, 4.69) is 39.4 Å². The van der Waals surface area contributed by atoms with Gasteiger partial charge in [-0.2, -0.15) is 0 Å². The molecule has 0 unspecified atom stereocenters. The quantitative estimate of drug-likeness (QED) is 0.479. The summed E-state index contributed by atoms with van der Waals surface area (Å²) in [7, 11) is 0. The fourth-order valence-electron chi connectivity index (χ4n) is 3.95. The van der Waals surface area contributed by atoms with E-state index in [1.165, 1.54) is 11.5 Å². The van der Waals surface area contributed by atoms with Gasteiger partial charge in [0, 0.05) is 37.3 Å². The highest BCUT2D eigenvalue weighted by Gasteiger charge is 2.23. The molecular formula is C25H20F2N4O. The summed E-state index contributed by atoms with van der Waals surface area (Å²) in [6.07, 6.45) is 0. The lowest BCUT2D eigenvalue weighted by atomic mass is 10.1. The Bertz CT molecular complexity index is 1280. The van der Waals surface area contributed by atoms with Crippen LogP contribution in [-0.4, -0.2) is 47.2 Å². The highest BCUT2D eigenvalue weighted by Crippen LogP contribution is 2.24. The molecule has 7 heteroatoms. The Morgan fingerprint density at radius 2 is 1.53 bits per heavy atom. The summed E-state index contributed by atoms with van der Waals surface area (Å²) in [4.78, 5) is 16.3. The molecule has 1 aliphatic heterocycles. The summed E-state index contributed by atoms with van der Waals surface area (Å²) in [6.45, 7) is 2.09. The lowest BCUT2D eigenvalue weighted by Crippen LogP contribution is -2.49. The topological polar surface area (TPSA) is 49.3 Å². The zero-order valence-corrected chi connectivity index (χ0v) is 17.2. The molecule has 1 fully saturated rings. The van der Waals surface area contributed by atoms with E-state index in [1.54, 1.807) is 4.90 Å². The van der Waals surface area contributed by atoms with Gasteiger partial charge in [-0.1, -0.05) is 36.4 Å². The van der Waals surface area contributed by atoms with Gasteiger partial charge in [0.15, 0.2) is 17.5 Å². The smallest absolute Gasteiger partial charge is 0.254 e. The van der Waals surface area contributed by atoms with Crippen LogP contribution in [0.5, 0.6) is 0 Å². The Morgan fingerprint density at radius 3 is 2.25 bits per heavy atom. The molecule has 1 aliphatic rings. The van der Waals surface area contributed by atoms with Crippen LogP contribution in [0, 0.1) is 11.6 Å². The number of hydrogen-bond acceptors (Lipinski definition) is 4. The van der Waals surface area contributed by atoms with Crippen molar-refractivity contribution in [2.75, 3.05) is 31.1 Å². The third-order valence-corrected chi connectivity index (χ3v) is 5.75. The molecule has 3 aromatic carbocycles. The third kappa shape index (κ3) is 3.89. The Labute approximate surface area is 183 Å². The first-order valence-corrected chi connectivity index (χ1v) is 10.4. The predicted molar refractivity (Wildman–Crippen MR) is 119 cm³/mol. The number of halogens is 2. The van der Waals surface area contributed by atoms with Crippen molar-refractivity contribution in [3.63, 3.8) is 0 Å². The van der Waals surface area contributed by atoms with Crippen LogP contribution in [0.25, 0.3) is 22.0 Å². The minimum atomic E-state index is -1.02. The lowest BCUT2D eigenvalue weighted by Gasteiger charge is -2.35. The summed E-state index contributed by atoms with van der Waals surface area (Å²) in [5.74, 6) is -1.54. The molecule has 0 spiro atoms. The summed E-state index contributed by atoms with van der Waals surface area (Å²) < 4.78 is 26.6. The molecule has 0 bridgehead atoms. The van der Waals surface area contributed by atoms with E-state index in [4.69, 9.17) is 0 Å². The van der Waals surface area contributed by atoms with Gasteiger partial charge in [-0.15, -0.1) is 10.2 Å². The molecule has 1 saturated heterocycles. The van der Waals surface area contributed by atoms with Crippen molar-refractivity contribution in [2.24, 2.45) is 0 Å². The standard InChI is InChI=1S/C25H20F2N4O/c26-21-8-7-20(16-22(21)27)25(32)31-13-11-30(12-14-31)24-10-9-23(28-29-24)19-6-5-17-3-1-2-4-18(17)15-19/h1-10,15-16H,11-14H2. The number of amides is 1. The van der Waals surface area contributed by atoms with Gasteiger partial charge in [-0.25, -0.2) is 8.78 Å². The Morgan fingerprint density at radius 1 is 0.750 bits per heavy atom. The number of carbonyl (C=O) groups is 1. The van der Waals surface area contributed by atoms with Gasteiger partial charge >= 0.3 is 0 Å². The summed E-state index contributed by atoms with van der Waals surface area (Å²) >= 11 is 0. The van der Waals surface area contributed by atoms with Gasteiger partial charge in [0.1, 0.15) is 0 Å². The van der Waals surface area contributed by atoms with Crippen molar-refractivity contribution in [3.05, 3.63) is 90.0 Å². The number of nitrogens with zero attached hydrogens (tertiary/aromatic N) is 4. The number of piperazine rings is 1. The number of hydrogen-bond donors (Lipinski definition) is 0. The molecule has 4 aromatic rings. The molecule has 160 valence electrons. The number of anilines is 1. The molecule has 5 nitrogen and oxygen atoms in total. The fraction of sp³-hybridized carbons (Fsp3) is 0.160. The highest BCUT2D eigenvalue weighted by molar-refractivity contribution is 5.94. The second kappa shape index (κ2) is 8.34. The van der Waals surface area contributed by atoms with Crippen LogP contribution in [0.2, 0.25) is 0 Å². The molecular weight excluding hydrogens is 410 g/mol. The number of benzene rings is 3. The van der Waals surface area contributed by atoms with E-state index in [1.807, 2.05) is 30.3 Å². The molecule has 0 atom stereocenters. The molecule has 5 rings (SSSR count). The summed E-state index contributed by atoms with van der Waals surface area (Å²) in [6, 6.07) is 21.5. The Hall–Kier alpha value is -3.87. The second-order valence-corrected chi connectivity index (χ2v) is 7.75. The van der Waals surface area contributed by atoms with Crippen LogP contribution in [0.3, 0.4) is 0 Å². The van der Waals surface area contributed by atoms with Crippen molar-refractivity contribution >= 4 is 22.5 Å². The van der Waals surface area contributed by atoms with E-state index < -0.39 is 11.6 Å². The number of aromatic nitrogens is 2. The van der Waals surface area contributed by atoms with Crippen molar-refractivity contribution in [2.45, 2.75) is 0 Å². The van der Waals surface area contributed by atoms with E-state index in [-0.39, 0.29) is 11.5 Å². The molecule has 32 heavy (non-hydrogen) atoms. The molecule has 1 amide bonds. The average molecular weight is 430 g/mol. The zero-order chi connectivity index (χ0) is 22.1. The first-order chi connectivity index (χ1) is 15.6. The van der Waals surface area contributed by atoms with Crippen LogP contribution in [-0.2, 0) is 0 Å². The zero-order valence-electron chi connectivity index (χ0n) is 17.2. The largest absolute Gasteiger partial charge is 0.352 e. The Balaban J connectivity index is 1.25. The van der Waals surface area contributed by atoms with Crippen molar-refractivity contribution in [3.8, 4) is 11.3 Å². The van der Waals surface area contributed by atoms with Gasteiger partial charge in [0.05, 0.1) is 5.69 Å². The van der Waals surface area contributed by atoms with Crippen LogP contribution in [0.4, 0.5) is 14.6 Å². The molecule has 0 aliphatic carbocycles. The molecule has 0 radical (unpaired) electrons. The first-order valence-electron chi connectivity index (χ1n) is 10.4. The van der Waals surface area contributed by atoms with Crippen LogP contribution in [0.15, 0.2) is 72.8 Å². The Kier molecular flexibility index (Phi) is 5.23. The van der Waals surface area contributed by atoms with E-state index >= 15 is 0 Å². The van der Waals surface area contributed by atoms with E-state index in [0.717, 1.165) is 34.6 Å². The highest BCUT2D eigenvalue weighted by atomic mass is 19.2. The monoisotopic (exact) mass is 430 g/mol. The third-order valence-electron chi connectivity index (χ3n) is 5.75. The predicted octanol–water partition coefficient (Wildman–Crippen LogP) is 4.54. The van der Waals surface area contributed by atoms with Crippen LogP contribution in [0.1, 0.15) is 10.4 Å². The van der Waals surface area contributed by atoms with Gasteiger partial charge in [0.2, 0.25) is 0 Å². The first kappa shape index (κ1) is 20.1. The number of rotatable bonds is 3. The number of carbonyl (C=O) groups excluding carboxylic acids is 1. The summed E-state index contributed by atoms with van der Waals surface area (Å²) in [5.41, 5.74) is 1.95. The number of fused-ring (bicyclic) bond motifs is 1. The van der Waals surface area contributed by atoms with Gasteiger partial charge in [-0.3, -0.25) is 4.79 Å². The van der Waals surface area contributed by atoms with Crippen LogP contribution < -0.4 is 4.90 Å². The maximum atomic E-state index is 13.5. The average Bonchev–Trinajstić information content (AvgIpc) is 2.85.